The van der Waals surface area contributed by atoms with E-state index in [0.29, 0.717) is 6.42 Å². The molecular weight excluding hydrogens is 450 g/mol. The second kappa shape index (κ2) is 10.9. The van der Waals surface area contributed by atoms with E-state index >= 15 is 0 Å². The first kappa shape index (κ1) is 24.0. The van der Waals surface area contributed by atoms with Crippen molar-refractivity contribution in [3.63, 3.8) is 0 Å². The summed E-state index contributed by atoms with van der Waals surface area (Å²) in [6.07, 6.45) is 1.06. The SMILES string of the molecule is CCC(CNC(=O)c1ncoc1CNC(=O)OCC1c2ccccc2-c2ccccc21)CC(=O)O. The molecule has 1 heterocycles. The summed E-state index contributed by atoms with van der Waals surface area (Å²) in [5.74, 6) is -1.47. The van der Waals surface area contributed by atoms with Crippen LogP contribution in [0.15, 0.2) is 59.3 Å². The van der Waals surface area contributed by atoms with Crippen LogP contribution in [0.2, 0.25) is 0 Å². The Balaban J connectivity index is 1.31. The number of oxazole rings is 1. The molecule has 1 unspecified atom stereocenters. The minimum absolute atomic E-state index is 0.0359. The monoisotopic (exact) mass is 477 g/mol. The quantitative estimate of drug-likeness (QED) is 0.403. The number of aromatic nitrogens is 1. The summed E-state index contributed by atoms with van der Waals surface area (Å²) in [5, 5.41) is 14.2. The highest BCUT2D eigenvalue weighted by atomic mass is 16.5. The normalized spacial score (nSPS) is 12.9. The molecule has 0 bridgehead atoms. The lowest BCUT2D eigenvalue weighted by atomic mass is 9.98. The predicted octanol–water partition coefficient (Wildman–Crippen LogP) is 3.94. The van der Waals surface area contributed by atoms with Gasteiger partial charge in [-0.1, -0.05) is 61.9 Å². The molecule has 0 saturated heterocycles. The van der Waals surface area contributed by atoms with Crippen molar-refractivity contribution < 1.29 is 28.6 Å². The number of amides is 2. The van der Waals surface area contributed by atoms with Gasteiger partial charge in [-0.25, -0.2) is 9.78 Å². The van der Waals surface area contributed by atoms with Crippen molar-refractivity contribution >= 4 is 18.0 Å². The van der Waals surface area contributed by atoms with Crippen LogP contribution in [0, 0.1) is 5.92 Å². The number of nitrogens with zero attached hydrogens (tertiary/aromatic N) is 1. The Morgan fingerprint density at radius 2 is 1.71 bits per heavy atom. The zero-order valence-corrected chi connectivity index (χ0v) is 19.3. The van der Waals surface area contributed by atoms with Crippen molar-refractivity contribution in [3.8, 4) is 11.1 Å². The Kier molecular flexibility index (Phi) is 7.45. The lowest BCUT2D eigenvalue weighted by Crippen LogP contribution is -2.32. The maximum Gasteiger partial charge on any atom is 0.407 e. The Labute approximate surface area is 202 Å². The molecule has 1 aliphatic carbocycles. The van der Waals surface area contributed by atoms with E-state index in [1.54, 1.807) is 0 Å². The average Bonchev–Trinajstić information content (AvgIpc) is 3.46. The summed E-state index contributed by atoms with van der Waals surface area (Å²) < 4.78 is 10.8. The number of ether oxygens (including phenoxy) is 1. The van der Waals surface area contributed by atoms with E-state index in [1.807, 2.05) is 43.3 Å². The third-order valence-corrected chi connectivity index (χ3v) is 6.18. The third-order valence-electron chi connectivity index (χ3n) is 6.18. The summed E-state index contributed by atoms with van der Waals surface area (Å²) in [4.78, 5) is 39.7. The van der Waals surface area contributed by atoms with Crippen LogP contribution in [0.4, 0.5) is 4.79 Å². The number of hydrogen-bond donors (Lipinski definition) is 3. The van der Waals surface area contributed by atoms with Crippen LogP contribution in [0.1, 0.15) is 53.1 Å². The van der Waals surface area contributed by atoms with Crippen LogP contribution in [0.25, 0.3) is 11.1 Å². The molecular formula is C26H27N3O6. The molecule has 2 amide bonds. The summed E-state index contributed by atoms with van der Waals surface area (Å²) in [7, 11) is 0. The van der Waals surface area contributed by atoms with Crippen molar-refractivity contribution in [2.24, 2.45) is 5.92 Å². The van der Waals surface area contributed by atoms with Gasteiger partial charge >= 0.3 is 12.1 Å². The average molecular weight is 478 g/mol. The molecule has 3 aromatic rings. The van der Waals surface area contributed by atoms with Gasteiger partial charge in [-0.2, -0.15) is 0 Å². The van der Waals surface area contributed by atoms with E-state index in [9.17, 15) is 14.4 Å². The fourth-order valence-corrected chi connectivity index (χ4v) is 4.31. The fraction of sp³-hybridized carbons (Fsp3) is 0.308. The summed E-state index contributed by atoms with van der Waals surface area (Å²) >= 11 is 0. The van der Waals surface area contributed by atoms with E-state index in [-0.39, 0.29) is 49.4 Å². The molecule has 0 fully saturated rings. The van der Waals surface area contributed by atoms with E-state index in [2.05, 4.69) is 27.8 Å². The zero-order chi connectivity index (χ0) is 24.8. The number of hydrogen-bond acceptors (Lipinski definition) is 6. The van der Waals surface area contributed by atoms with E-state index in [0.717, 1.165) is 28.6 Å². The Bertz CT molecular complexity index is 1180. The number of carboxylic acids is 1. The van der Waals surface area contributed by atoms with Gasteiger partial charge in [0.2, 0.25) is 0 Å². The van der Waals surface area contributed by atoms with Gasteiger partial charge in [0.1, 0.15) is 6.61 Å². The van der Waals surface area contributed by atoms with Gasteiger partial charge in [-0.15, -0.1) is 0 Å². The summed E-state index contributed by atoms with van der Waals surface area (Å²) in [6.45, 7) is 2.16. The highest BCUT2D eigenvalue weighted by molar-refractivity contribution is 5.93. The van der Waals surface area contributed by atoms with Crippen LogP contribution in [0.5, 0.6) is 0 Å². The number of carbonyl (C=O) groups excluding carboxylic acids is 2. The molecule has 2 aromatic carbocycles. The van der Waals surface area contributed by atoms with Crippen LogP contribution >= 0.6 is 0 Å². The van der Waals surface area contributed by atoms with E-state index < -0.39 is 18.0 Å². The summed E-state index contributed by atoms with van der Waals surface area (Å²) in [5.41, 5.74) is 4.55. The van der Waals surface area contributed by atoms with E-state index in [4.69, 9.17) is 14.3 Å². The van der Waals surface area contributed by atoms with Gasteiger partial charge in [0.05, 0.1) is 6.54 Å². The summed E-state index contributed by atoms with van der Waals surface area (Å²) in [6, 6.07) is 16.1. The number of fused-ring (bicyclic) bond motifs is 3. The molecule has 1 aliphatic rings. The van der Waals surface area contributed by atoms with Crippen molar-refractivity contribution in [1.29, 1.82) is 0 Å². The van der Waals surface area contributed by atoms with Crippen LogP contribution < -0.4 is 10.6 Å². The number of nitrogens with one attached hydrogen (secondary N) is 2. The molecule has 3 N–H and O–H groups in total. The maximum absolute atomic E-state index is 12.5. The predicted molar refractivity (Wildman–Crippen MR) is 127 cm³/mol. The topological polar surface area (TPSA) is 131 Å². The third kappa shape index (κ3) is 5.51. The second-order valence-corrected chi connectivity index (χ2v) is 8.39. The molecule has 1 aromatic heterocycles. The molecule has 4 rings (SSSR count). The lowest BCUT2D eigenvalue weighted by Gasteiger charge is -2.14. The molecule has 9 nitrogen and oxygen atoms in total. The van der Waals surface area contributed by atoms with Crippen molar-refractivity contribution in [2.45, 2.75) is 32.2 Å². The van der Waals surface area contributed by atoms with Gasteiger partial charge < -0.3 is 24.9 Å². The molecule has 1 atom stereocenters. The highest BCUT2D eigenvalue weighted by Crippen LogP contribution is 2.44. The van der Waals surface area contributed by atoms with Crippen molar-refractivity contribution in [2.75, 3.05) is 13.2 Å². The first-order valence-corrected chi connectivity index (χ1v) is 11.5. The first-order chi connectivity index (χ1) is 17.0. The van der Waals surface area contributed by atoms with Crippen molar-refractivity contribution in [1.82, 2.24) is 15.6 Å². The fourth-order valence-electron chi connectivity index (χ4n) is 4.31. The molecule has 0 radical (unpaired) electrons. The number of carboxylic acid groups (broad SMARTS) is 1. The number of carbonyl (C=O) groups is 3. The first-order valence-electron chi connectivity index (χ1n) is 11.5. The largest absolute Gasteiger partial charge is 0.481 e. The van der Waals surface area contributed by atoms with Gasteiger partial charge in [0, 0.05) is 18.9 Å². The Morgan fingerprint density at radius 3 is 2.34 bits per heavy atom. The number of benzene rings is 2. The minimum atomic E-state index is -0.916. The molecule has 0 spiro atoms. The number of rotatable bonds is 10. The van der Waals surface area contributed by atoms with Gasteiger partial charge in [-0.05, 0) is 28.2 Å². The minimum Gasteiger partial charge on any atom is -0.481 e. The molecule has 0 aliphatic heterocycles. The number of aliphatic carboxylic acids is 1. The molecule has 0 saturated carbocycles. The Hall–Kier alpha value is -4.14. The molecule has 35 heavy (non-hydrogen) atoms. The van der Waals surface area contributed by atoms with Gasteiger partial charge in [0.25, 0.3) is 5.91 Å². The van der Waals surface area contributed by atoms with Crippen molar-refractivity contribution in [3.05, 3.63) is 77.5 Å². The van der Waals surface area contributed by atoms with E-state index in [1.165, 1.54) is 0 Å². The van der Waals surface area contributed by atoms with Gasteiger partial charge in [0.15, 0.2) is 17.8 Å². The molecule has 9 heteroatoms. The zero-order valence-electron chi connectivity index (χ0n) is 19.3. The van der Waals surface area contributed by atoms with Gasteiger partial charge in [-0.3, -0.25) is 9.59 Å². The maximum atomic E-state index is 12.5. The lowest BCUT2D eigenvalue weighted by molar-refractivity contribution is -0.138. The van der Waals surface area contributed by atoms with Crippen LogP contribution in [-0.4, -0.2) is 41.2 Å². The molecule has 182 valence electrons. The van der Waals surface area contributed by atoms with Crippen LogP contribution in [-0.2, 0) is 16.1 Å². The van der Waals surface area contributed by atoms with Crippen LogP contribution in [0.3, 0.4) is 0 Å². The number of alkyl carbamates (subject to hydrolysis) is 1. The second-order valence-electron chi connectivity index (χ2n) is 8.39. The Morgan fingerprint density at radius 1 is 1.06 bits per heavy atom. The smallest absolute Gasteiger partial charge is 0.407 e. The standard InChI is InChI=1S/C26H27N3O6/c1-2-16(11-23(30)31)12-27-25(32)24-22(35-15-29-24)13-28-26(33)34-14-21-19-9-5-3-7-17(19)18-8-4-6-10-20(18)21/h3-10,15-16,21H,2,11-14H2,1H3,(H,27,32)(H,28,33)(H,30,31). The highest BCUT2D eigenvalue weighted by Gasteiger charge is 2.29.